The molecule has 2 unspecified atom stereocenters. The van der Waals surface area contributed by atoms with Gasteiger partial charge in [0.2, 0.25) is 0 Å². The SMILES string of the molecule is CSNCC1CC(C)CN(c2cc(-c3cnc(/C=C\C(=N)C(F)F)[nH]3)ncn2)C1. The van der Waals surface area contributed by atoms with Crippen LogP contribution in [0.1, 0.15) is 19.2 Å². The normalized spacial score (nSPS) is 20.0. The van der Waals surface area contributed by atoms with Crippen LogP contribution in [0.25, 0.3) is 17.5 Å². The van der Waals surface area contributed by atoms with E-state index in [1.54, 1.807) is 18.1 Å². The van der Waals surface area contributed by atoms with E-state index < -0.39 is 12.1 Å². The molecule has 1 aliphatic rings. The summed E-state index contributed by atoms with van der Waals surface area (Å²) in [6, 6.07) is 1.92. The zero-order valence-electron chi connectivity index (χ0n) is 16.4. The van der Waals surface area contributed by atoms with E-state index in [-0.39, 0.29) is 0 Å². The molecule has 0 bridgehead atoms. The molecule has 2 aromatic heterocycles. The van der Waals surface area contributed by atoms with Crippen LogP contribution in [0.5, 0.6) is 0 Å². The summed E-state index contributed by atoms with van der Waals surface area (Å²) in [4.78, 5) is 18.2. The largest absolute Gasteiger partial charge is 0.356 e. The lowest BCUT2D eigenvalue weighted by Crippen LogP contribution is -2.42. The van der Waals surface area contributed by atoms with Gasteiger partial charge in [0, 0.05) is 25.7 Å². The molecule has 0 radical (unpaired) electrons. The molecule has 0 aliphatic carbocycles. The predicted molar refractivity (Wildman–Crippen MR) is 113 cm³/mol. The number of rotatable bonds is 8. The number of alkyl halides is 2. The topological polar surface area (TPSA) is 93.6 Å². The van der Waals surface area contributed by atoms with Crippen molar-refractivity contribution in [2.45, 2.75) is 19.8 Å². The number of nitrogens with zero attached hydrogens (tertiary/aromatic N) is 4. The highest BCUT2D eigenvalue weighted by Gasteiger charge is 2.25. The van der Waals surface area contributed by atoms with Crippen LogP contribution in [0.15, 0.2) is 24.7 Å². The van der Waals surface area contributed by atoms with Gasteiger partial charge in [-0.25, -0.2) is 23.7 Å². The third-order valence-corrected chi connectivity index (χ3v) is 5.22. The van der Waals surface area contributed by atoms with Gasteiger partial charge in [-0.1, -0.05) is 18.9 Å². The van der Waals surface area contributed by atoms with Gasteiger partial charge in [0.25, 0.3) is 6.43 Å². The first-order chi connectivity index (χ1) is 14.0. The van der Waals surface area contributed by atoms with Gasteiger partial charge >= 0.3 is 0 Å². The monoisotopic (exact) mass is 421 g/mol. The van der Waals surface area contributed by atoms with Crippen LogP contribution >= 0.6 is 11.9 Å². The number of hydrogen-bond donors (Lipinski definition) is 3. The van der Waals surface area contributed by atoms with Gasteiger partial charge in [-0.3, -0.25) is 10.1 Å². The van der Waals surface area contributed by atoms with Gasteiger partial charge in [0.1, 0.15) is 18.0 Å². The molecule has 3 heterocycles. The van der Waals surface area contributed by atoms with Crippen LogP contribution in [0, 0.1) is 17.2 Å². The minimum Gasteiger partial charge on any atom is -0.356 e. The smallest absolute Gasteiger partial charge is 0.279 e. The quantitative estimate of drug-likeness (QED) is 0.446. The first-order valence-corrected chi connectivity index (χ1v) is 10.6. The average Bonchev–Trinajstić information content (AvgIpc) is 3.19. The van der Waals surface area contributed by atoms with Crippen LogP contribution in [0.2, 0.25) is 0 Å². The molecule has 1 fully saturated rings. The van der Waals surface area contributed by atoms with Gasteiger partial charge in [0.05, 0.1) is 23.3 Å². The number of imidazole rings is 1. The van der Waals surface area contributed by atoms with Crippen molar-refractivity contribution in [3.8, 4) is 11.4 Å². The molecule has 3 N–H and O–H groups in total. The summed E-state index contributed by atoms with van der Waals surface area (Å²) in [7, 11) is 0. The van der Waals surface area contributed by atoms with E-state index in [1.807, 2.05) is 12.3 Å². The van der Waals surface area contributed by atoms with E-state index >= 15 is 0 Å². The molecule has 29 heavy (non-hydrogen) atoms. The molecular formula is C19H25F2N7S. The van der Waals surface area contributed by atoms with Crippen molar-refractivity contribution in [1.29, 1.82) is 5.41 Å². The molecule has 1 saturated heterocycles. The molecule has 0 amide bonds. The first kappa shape index (κ1) is 21.4. The van der Waals surface area contributed by atoms with Gasteiger partial charge in [-0.15, -0.1) is 0 Å². The van der Waals surface area contributed by atoms with Crippen molar-refractivity contribution in [3.63, 3.8) is 0 Å². The Morgan fingerprint density at radius 3 is 3.00 bits per heavy atom. The number of hydrogen-bond acceptors (Lipinski definition) is 7. The van der Waals surface area contributed by atoms with E-state index in [2.05, 4.69) is 36.5 Å². The van der Waals surface area contributed by atoms with Gasteiger partial charge in [-0.2, -0.15) is 0 Å². The highest BCUT2D eigenvalue weighted by atomic mass is 32.2. The molecule has 10 heteroatoms. The molecule has 2 atom stereocenters. The summed E-state index contributed by atoms with van der Waals surface area (Å²) in [5.41, 5.74) is 0.600. The van der Waals surface area contributed by atoms with Crippen molar-refractivity contribution >= 4 is 29.6 Å². The fourth-order valence-corrected chi connectivity index (χ4v) is 3.88. The third-order valence-electron chi connectivity index (χ3n) is 4.77. The number of H-pyrrole nitrogens is 1. The Morgan fingerprint density at radius 1 is 1.41 bits per heavy atom. The van der Waals surface area contributed by atoms with E-state index in [0.29, 0.717) is 29.0 Å². The highest BCUT2D eigenvalue weighted by molar-refractivity contribution is 7.96. The Hall–Kier alpha value is -2.33. The summed E-state index contributed by atoms with van der Waals surface area (Å²) in [5, 5.41) is 7.17. The van der Waals surface area contributed by atoms with Crippen molar-refractivity contribution in [1.82, 2.24) is 24.7 Å². The molecule has 156 valence electrons. The number of nitrogens with one attached hydrogen (secondary N) is 3. The van der Waals surface area contributed by atoms with Crippen molar-refractivity contribution in [3.05, 3.63) is 30.5 Å². The van der Waals surface area contributed by atoms with Crippen LogP contribution in [-0.2, 0) is 0 Å². The minimum atomic E-state index is -2.80. The summed E-state index contributed by atoms with van der Waals surface area (Å²) in [6.07, 6.45) is 5.94. The molecule has 0 aromatic carbocycles. The Bertz CT molecular complexity index is 855. The summed E-state index contributed by atoms with van der Waals surface area (Å²) >= 11 is 1.64. The number of allylic oxidation sites excluding steroid dienone is 1. The predicted octanol–water partition coefficient (Wildman–Crippen LogP) is 3.49. The average molecular weight is 422 g/mol. The van der Waals surface area contributed by atoms with E-state index in [1.165, 1.54) is 18.8 Å². The molecule has 3 rings (SSSR count). The maximum atomic E-state index is 12.4. The molecular weight excluding hydrogens is 396 g/mol. The first-order valence-electron chi connectivity index (χ1n) is 9.39. The van der Waals surface area contributed by atoms with Gasteiger partial charge in [0.15, 0.2) is 0 Å². The molecule has 0 spiro atoms. The fraction of sp³-hybridized carbons (Fsp3) is 0.474. The maximum Gasteiger partial charge on any atom is 0.279 e. The van der Waals surface area contributed by atoms with E-state index in [4.69, 9.17) is 5.41 Å². The molecule has 1 aliphatic heterocycles. The highest BCUT2D eigenvalue weighted by Crippen LogP contribution is 2.27. The molecule has 7 nitrogen and oxygen atoms in total. The number of aromatic nitrogens is 4. The Labute approximate surface area is 173 Å². The summed E-state index contributed by atoms with van der Waals surface area (Å²) in [5.74, 6) is 2.38. The zero-order valence-corrected chi connectivity index (χ0v) is 17.2. The van der Waals surface area contributed by atoms with Crippen LogP contribution < -0.4 is 9.62 Å². The lowest BCUT2D eigenvalue weighted by Gasteiger charge is -2.37. The van der Waals surface area contributed by atoms with E-state index in [9.17, 15) is 8.78 Å². The number of halogens is 2. The fourth-order valence-electron chi connectivity index (χ4n) is 3.48. The Kier molecular flexibility index (Phi) is 7.32. The Morgan fingerprint density at radius 2 is 2.24 bits per heavy atom. The third kappa shape index (κ3) is 5.83. The maximum absolute atomic E-state index is 12.4. The van der Waals surface area contributed by atoms with Crippen LogP contribution in [0.4, 0.5) is 14.6 Å². The molecule has 2 aromatic rings. The molecule has 0 saturated carbocycles. The van der Waals surface area contributed by atoms with Gasteiger partial charge in [-0.05, 0) is 36.7 Å². The number of piperidine rings is 1. The summed E-state index contributed by atoms with van der Waals surface area (Å²) in [6.45, 7) is 5.09. The van der Waals surface area contributed by atoms with Crippen molar-refractivity contribution < 1.29 is 8.78 Å². The Balaban J connectivity index is 1.73. The van der Waals surface area contributed by atoms with Crippen molar-refractivity contribution in [2.75, 3.05) is 30.8 Å². The second-order valence-electron chi connectivity index (χ2n) is 7.20. The van der Waals surface area contributed by atoms with Crippen LogP contribution in [-0.4, -0.2) is 58.0 Å². The lowest BCUT2D eigenvalue weighted by molar-refractivity contribution is 0.226. The zero-order chi connectivity index (χ0) is 20.8. The second-order valence-corrected chi connectivity index (χ2v) is 7.89. The minimum absolute atomic E-state index is 0.389. The number of anilines is 1. The summed E-state index contributed by atoms with van der Waals surface area (Å²) < 4.78 is 28.2. The van der Waals surface area contributed by atoms with Crippen LogP contribution in [0.3, 0.4) is 0 Å². The lowest BCUT2D eigenvalue weighted by atomic mass is 9.90. The second kappa shape index (κ2) is 9.93. The van der Waals surface area contributed by atoms with Crippen molar-refractivity contribution in [2.24, 2.45) is 11.8 Å². The van der Waals surface area contributed by atoms with E-state index in [0.717, 1.165) is 31.5 Å². The standard InChI is InChI=1S/C19H25F2N7S/c1-12-5-13(7-26-29-2)10-28(9-12)18-6-15(24-11-25-18)16-8-23-17(27-16)4-3-14(22)19(20)21/h3-4,6,8,11-13,19,22,26H,5,7,9-10H2,1-2H3,(H,23,27)/b4-3-,22-14?. The van der Waals surface area contributed by atoms with Gasteiger partial charge < -0.3 is 9.88 Å². The number of aromatic amines is 1.